The van der Waals surface area contributed by atoms with Gasteiger partial charge in [0.15, 0.2) is 0 Å². The van der Waals surface area contributed by atoms with Crippen molar-refractivity contribution in [1.82, 2.24) is 5.32 Å². The van der Waals surface area contributed by atoms with E-state index in [0.29, 0.717) is 12.0 Å². The fourth-order valence-electron chi connectivity index (χ4n) is 1.52. The second-order valence-electron chi connectivity index (χ2n) is 4.42. The molecule has 0 aliphatic rings. The number of nitrogens with one attached hydrogen (secondary N) is 1. The molecule has 0 saturated heterocycles. The van der Waals surface area contributed by atoms with Gasteiger partial charge in [-0.2, -0.15) is 0 Å². The van der Waals surface area contributed by atoms with E-state index in [1.54, 1.807) is 11.8 Å². The summed E-state index contributed by atoms with van der Waals surface area (Å²) in [6, 6.07) is 6.31. The Bertz CT molecular complexity index is 549. The molecule has 0 aromatic heterocycles. The minimum Gasteiger partial charge on any atom is -0.480 e. The van der Waals surface area contributed by atoms with Crippen molar-refractivity contribution in [3.05, 3.63) is 29.8 Å². The molecule has 1 amide bonds. The van der Waals surface area contributed by atoms with Gasteiger partial charge in [-0.1, -0.05) is 12.1 Å². The monoisotopic (exact) mass is 359 g/mol. The summed E-state index contributed by atoms with van der Waals surface area (Å²) in [4.78, 5) is 38.9. The summed E-state index contributed by atoms with van der Waals surface area (Å²) in [6.45, 7) is 1.21. The van der Waals surface area contributed by atoms with Gasteiger partial charge in [0.25, 0.3) is 0 Å². The quantitative estimate of drug-likeness (QED) is 0.226. The van der Waals surface area contributed by atoms with Crippen LogP contribution in [0.5, 0.6) is 0 Å². The highest BCUT2D eigenvalue weighted by Gasteiger charge is 2.19. The fraction of sp³-hybridized carbons (Fsp3) is 0.357. The van der Waals surface area contributed by atoms with Gasteiger partial charge in [0.05, 0.1) is 12.2 Å². The molecule has 1 aromatic carbocycles. The Morgan fingerprint density at radius 2 is 1.91 bits per heavy atom. The molecular formula is C14H17NO6S2. The lowest BCUT2D eigenvalue weighted by atomic mass is 10.2. The third kappa shape index (κ3) is 7.91. The summed E-state index contributed by atoms with van der Waals surface area (Å²) < 4.78 is 4.62. The fourth-order valence-corrected chi connectivity index (χ4v) is 2.47. The Morgan fingerprint density at radius 3 is 2.43 bits per heavy atom. The number of carbonyl (C=O) groups excluding carboxylic acids is 2. The van der Waals surface area contributed by atoms with Gasteiger partial charge in [0, 0.05) is 23.9 Å². The summed E-state index contributed by atoms with van der Waals surface area (Å²) in [5.41, 5.74) is 0.781. The Labute approximate surface area is 142 Å². The van der Waals surface area contributed by atoms with Crippen LogP contribution in [0.25, 0.3) is 0 Å². The van der Waals surface area contributed by atoms with Crippen molar-refractivity contribution in [1.29, 1.82) is 0 Å². The Balaban J connectivity index is 2.29. The van der Waals surface area contributed by atoms with Crippen molar-refractivity contribution in [2.75, 3.05) is 12.0 Å². The number of hydrogen-bond donors (Lipinski definition) is 2. The summed E-state index contributed by atoms with van der Waals surface area (Å²) in [5.74, 6) is -2.36. The van der Waals surface area contributed by atoms with E-state index in [1.807, 2.05) is 30.5 Å². The number of benzene rings is 1. The van der Waals surface area contributed by atoms with Gasteiger partial charge in [-0.05, 0) is 24.0 Å². The van der Waals surface area contributed by atoms with E-state index >= 15 is 0 Å². The topological polar surface area (TPSA) is 102 Å². The average Bonchev–Trinajstić information content (AvgIpc) is 2.50. The van der Waals surface area contributed by atoms with Crippen molar-refractivity contribution < 1.29 is 28.7 Å². The lowest BCUT2D eigenvalue weighted by molar-refractivity contribution is -0.205. The molecule has 126 valence electrons. The summed E-state index contributed by atoms with van der Waals surface area (Å²) >= 11 is 2.23. The molecular weight excluding hydrogens is 342 g/mol. The first kappa shape index (κ1) is 19.3. The molecule has 7 nitrogen and oxygen atoms in total. The maximum atomic E-state index is 11.6. The van der Waals surface area contributed by atoms with E-state index < -0.39 is 23.9 Å². The molecule has 1 atom stereocenters. The smallest absolute Gasteiger partial charge is 0.348 e. The Morgan fingerprint density at radius 1 is 1.26 bits per heavy atom. The Hall–Kier alpha value is -1.71. The average molecular weight is 359 g/mol. The van der Waals surface area contributed by atoms with Crippen LogP contribution < -0.4 is 5.32 Å². The maximum Gasteiger partial charge on any atom is 0.348 e. The number of carboxylic acids is 1. The summed E-state index contributed by atoms with van der Waals surface area (Å²) in [7, 11) is 0. The number of amides is 1. The highest BCUT2D eigenvalue weighted by Crippen LogP contribution is 2.15. The molecule has 0 heterocycles. The summed E-state index contributed by atoms with van der Waals surface area (Å²) in [6.07, 6.45) is 2.00. The summed E-state index contributed by atoms with van der Waals surface area (Å²) in [5, 5.41) is 11.1. The molecule has 0 radical (unpaired) electrons. The van der Waals surface area contributed by atoms with Crippen LogP contribution in [0.15, 0.2) is 29.2 Å². The first-order valence-corrected chi connectivity index (χ1v) is 8.67. The zero-order valence-corrected chi connectivity index (χ0v) is 14.2. The molecule has 2 N–H and O–H groups in total. The zero-order chi connectivity index (χ0) is 17.2. The molecule has 1 aromatic rings. The largest absolute Gasteiger partial charge is 0.480 e. The number of carboxylic acid groups (broad SMARTS) is 1. The highest BCUT2D eigenvalue weighted by atomic mass is 32.2. The van der Waals surface area contributed by atoms with Crippen LogP contribution in [-0.4, -0.2) is 41.0 Å². The normalized spacial score (nSPS) is 11.6. The van der Waals surface area contributed by atoms with E-state index in [0.717, 1.165) is 10.5 Å². The van der Waals surface area contributed by atoms with Crippen LogP contribution in [-0.2, 0) is 30.0 Å². The van der Waals surface area contributed by atoms with Crippen LogP contribution in [0.1, 0.15) is 12.5 Å². The van der Waals surface area contributed by atoms with Gasteiger partial charge in [-0.15, -0.1) is 16.1 Å². The second kappa shape index (κ2) is 10.1. The standard InChI is InChI=1S/C14H17NO6S2/c1-9(16)15-12(14(18)19)8-23-21-20-13(17)7-10-3-5-11(22-2)6-4-10/h3-6,12H,7-8H2,1-2H3,(H,15,16)(H,18,19). The van der Waals surface area contributed by atoms with E-state index in [4.69, 9.17) is 5.11 Å². The predicted molar refractivity (Wildman–Crippen MR) is 86.8 cm³/mol. The van der Waals surface area contributed by atoms with Crippen LogP contribution in [0, 0.1) is 0 Å². The number of rotatable bonds is 9. The molecule has 23 heavy (non-hydrogen) atoms. The third-order valence-corrected chi connectivity index (χ3v) is 3.97. The van der Waals surface area contributed by atoms with Crippen LogP contribution >= 0.6 is 23.8 Å². The lowest BCUT2D eigenvalue weighted by Gasteiger charge is -2.11. The van der Waals surface area contributed by atoms with Gasteiger partial charge in [0.1, 0.15) is 6.04 Å². The van der Waals surface area contributed by atoms with E-state index in [2.05, 4.69) is 14.5 Å². The first-order valence-electron chi connectivity index (χ1n) is 6.54. The van der Waals surface area contributed by atoms with Gasteiger partial charge in [-0.3, -0.25) is 9.68 Å². The molecule has 0 bridgehead atoms. The van der Waals surface area contributed by atoms with Crippen LogP contribution in [0.4, 0.5) is 0 Å². The molecule has 0 spiro atoms. The number of thioether (sulfide) groups is 1. The van der Waals surface area contributed by atoms with E-state index in [-0.39, 0.29) is 12.2 Å². The first-order chi connectivity index (χ1) is 10.9. The van der Waals surface area contributed by atoms with Crippen molar-refractivity contribution in [3.8, 4) is 0 Å². The van der Waals surface area contributed by atoms with Crippen molar-refractivity contribution in [3.63, 3.8) is 0 Å². The van der Waals surface area contributed by atoms with E-state index in [1.165, 1.54) is 6.92 Å². The SMILES string of the molecule is CSc1ccc(CC(=O)OOSCC(NC(C)=O)C(=O)O)cc1. The van der Waals surface area contributed by atoms with Gasteiger partial charge in [-0.25, -0.2) is 9.59 Å². The van der Waals surface area contributed by atoms with E-state index in [9.17, 15) is 14.4 Å². The minimum absolute atomic E-state index is 0.0449. The van der Waals surface area contributed by atoms with Crippen molar-refractivity contribution >= 4 is 41.7 Å². The molecule has 0 saturated carbocycles. The minimum atomic E-state index is -1.20. The van der Waals surface area contributed by atoms with Crippen molar-refractivity contribution in [2.24, 2.45) is 0 Å². The Kier molecular flexibility index (Phi) is 8.52. The number of hydrogen-bond acceptors (Lipinski definition) is 7. The van der Waals surface area contributed by atoms with Crippen molar-refractivity contribution in [2.45, 2.75) is 24.3 Å². The molecule has 0 aliphatic heterocycles. The second-order valence-corrected chi connectivity index (χ2v) is 6.01. The molecule has 0 aliphatic carbocycles. The molecule has 9 heteroatoms. The highest BCUT2D eigenvalue weighted by molar-refractivity contribution is 7.98. The number of carbonyl (C=O) groups is 3. The van der Waals surface area contributed by atoms with Gasteiger partial charge >= 0.3 is 11.9 Å². The van der Waals surface area contributed by atoms with Gasteiger partial charge < -0.3 is 10.4 Å². The zero-order valence-electron chi connectivity index (χ0n) is 12.6. The van der Waals surface area contributed by atoms with Crippen LogP contribution in [0.3, 0.4) is 0 Å². The van der Waals surface area contributed by atoms with Crippen LogP contribution in [0.2, 0.25) is 0 Å². The maximum absolute atomic E-state index is 11.6. The van der Waals surface area contributed by atoms with Gasteiger partial charge in [0.2, 0.25) is 5.91 Å². The molecule has 1 rings (SSSR count). The molecule has 0 fully saturated rings. The molecule has 1 unspecified atom stereocenters. The number of aliphatic carboxylic acids is 1. The third-order valence-electron chi connectivity index (χ3n) is 2.59. The predicted octanol–water partition coefficient (Wildman–Crippen LogP) is 1.66. The lowest BCUT2D eigenvalue weighted by Crippen LogP contribution is -2.41.